The monoisotopic (exact) mass is 299 g/mol. The van der Waals surface area contributed by atoms with Gasteiger partial charge in [-0.3, -0.25) is 10.1 Å². The summed E-state index contributed by atoms with van der Waals surface area (Å²) >= 11 is 0. The third kappa shape index (κ3) is 7.60. The lowest BCUT2D eigenvalue weighted by Crippen LogP contribution is -3.09. The van der Waals surface area contributed by atoms with Gasteiger partial charge in [-0.2, -0.15) is 0 Å². The Balaban J connectivity index is 2.08. The predicted octanol–water partition coefficient (Wildman–Crippen LogP) is -1.30. The number of nitro groups is 1. The van der Waals surface area contributed by atoms with Crippen molar-refractivity contribution in [3.05, 3.63) is 34.4 Å². The fraction of sp³-hybridized carbons (Fsp3) is 0.571. The van der Waals surface area contributed by atoms with Gasteiger partial charge in [-0.15, -0.1) is 0 Å². The van der Waals surface area contributed by atoms with Gasteiger partial charge in [0.2, 0.25) is 0 Å². The molecule has 0 spiro atoms. The van der Waals surface area contributed by atoms with Gasteiger partial charge in [-0.25, -0.2) is 0 Å². The van der Waals surface area contributed by atoms with Crippen molar-refractivity contribution in [3.8, 4) is 5.75 Å². The second-order valence-electron chi connectivity index (χ2n) is 5.01. The summed E-state index contributed by atoms with van der Waals surface area (Å²) in [6, 6.07) is 6.35. The summed E-state index contributed by atoms with van der Waals surface area (Å²) in [4.78, 5) is 11.8. The van der Waals surface area contributed by atoms with E-state index in [9.17, 15) is 10.1 Å². The molecule has 0 saturated carbocycles. The second-order valence-corrected chi connectivity index (χ2v) is 5.01. The number of likely N-dealkylation sites (N-methyl/N-ethyl adjacent to an activating group) is 1. The van der Waals surface area contributed by atoms with Crippen molar-refractivity contribution < 1.29 is 24.6 Å². The summed E-state index contributed by atoms with van der Waals surface area (Å²) < 4.78 is 10.8. The van der Waals surface area contributed by atoms with Gasteiger partial charge in [0.05, 0.1) is 38.8 Å². The van der Waals surface area contributed by atoms with Gasteiger partial charge in [0.25, 0.3) is 0 Å². The molecule has 0 saturated heterocycles. The molecule has 0 fully saturated rings. The average molecular weight is 299 g/mol. The molecule has 0 atom stereocenters. The van der Waals surface area contributed by atoms with Crippen LogP contribution in [0.2, 0.25) is 0 Å². The highest BCUT2D eigenvalue weighted by molar-refractivity contribution is 5.45. The van der Waals surface area contributed by atoms with E-state index in [2.05, 4.69) is 19.4 Å². The van der Waals surface area contributed by atoms with E-state index in [1.807, 2.05) is 0 Å². The summed E-state index contributed by atoms with van der Waals surface area (Å²) in [5.41, 5.74) is -0.0166. The Bertz CT molecular complexity index is 426. The quantitative estimate of drug-likeness (QED) is 0.302. The number of nitro benzene ring substituents is 1. The molecule has 0 heterocycles. The van der Waals surface area contributed by atoms with Gasteiger partial charge in [-0.1, -0.05) is 12.1 Å². The number of hydrogen-bond acceptors (Lipinski definition) is 4. The Morgan fingerprint density at radius 3 is 2.67 bits per heavy atom. The Kier molecular flexibility index (Phi) is 8.34. The summed E-state index contributed by atoms with van der Waals surface area (Å²) in [7, 11) is 4.26. The maximum absolute atomic E-state index is 10.8. The first-order valence-electron chi connectivity index (χ1n) is 7.16. The fourth-order valence-corrected chi connectivity index (χ4v) is 1.74. The van der Waals surface area contributed by atoms with Crippen molar-refractivity contribution in [2.45, 2.75) is 0 Å². The summed E-state index contributed by atoms with van der Waals surface area (Å²) in [6.45, 7) is 4.52. The molecule has 0 bridgehead atoms. The van der Waals surface area contributed by atoms with E-state index in [0.29, 0.717) is 19.8 Å². The first kappa shape index (κ1) is 17.4. The molecule has 1 aromatic rings. The Morgan fingerprint density at radius 1 is 1.19 bits per heavy atom. The third-order valence-electron chi connectivity index (χ3n) is 2.86. The zero-order valence-electron chi connectivity index (χ0n) is 12.7. The minimum Gasteiger partial charge on any atom is -0.484 e. The van der Waals surface area contributed by atoms with E-state index in [1.165, 1.54) is 11.0 Å². The number of para-hydroxylation sites is 2. The van der Waals surface area contributed by atoms with Gasteiger partial charge >= 0.3 is 5.69 Å². The van der Waals surface area contributed by atoms with E-state index < -0.39 is 4.92 Å². The number of quaternary nitrogens is 2. The lowest BCUT2D eigenvalue weighted by molar-refractivity contribution is -0.874. The van der Waals surface area contributed by atoms with Crippen molar-refractivity contribution in [3.63, 3.8) is 0 Å². The van der Waals surface area contributed by atoms with Crippen molar-refractivity contribution in [2.75, 3.05) is 53.6 Å². The van der Waals surface area contributed by atoms with Crippen LogP contribution in [0.5, 0.6) is 5.75 Å². The number of ether oxygens (including phenoxy) is 2. The Morgan fingerprint density at radius 2 is 1.95 bits per heavy atom. The highest BCUT2D eigenvalue weighted by atomic mass is 16.6. The molecule has 1 aromatic carbocycles. The summed E-state index contributed by atoms with van der Waals surface area (Å²) in [5, 5.41) is 13.0. The van der Waals surface area contributed by atoms with Gasteiger partial charge in [0, 0.05) is 6.07 Å². The van der Waals surface area contributed by atoms with Gasteiger partial charge < -0.3 is 19.7 Å². The van der Waals surface area contributed by atoms with Crippen LogP contribution in [0.1, 0.15) is 0 Å². The Labute approximate surface area is 125 Å². The number of nitrogens with zero attached hydrogens (tertiary/aromatic N) is 1. The van der Waals surface area contributed by atoms with Gasteiger partial charge in [0.1, 0.15) is 19.7 Å². The molecule has 1 rings (SSSR count). The van der Waals surface area contributed by atoms with Crippen molar-refractivity contribution in [1.82, 2.24) is 0 Å². The summed E-state index contributed by atoms with van der Waals surface area (Å²) in [6.07, 6.45) is 0. The Hall–Kier alpha value is -1.70. The van der Waals surface area contributed by atoms with E-state index in [0.717, 1.165) is 19.6 Å². The van der Waals surface area contributed by atoms with Crippen LogP contribution in [-0.4, -0.2) is 58.5 Å². The lowest BCUT2D eigenvalue weighted by Gasteiger charge is -2.08. The minimum atomic E-state index is -0.447. The molecule has 0 aliphatic rings. The third-order valence-corrected chi connectivity index (χ3v) is 2.86. The molecule has 3 N–H and O–H groups in total. The number of nitrogens with two attached hydrogens (primary N) is 1. The van der Waals surface area contributed by atoms with Crippen LogP contribution in [0.15, 0.2) is 24.3 Å². The SMILES string of the molecule is C[NH+](C)CC[NH2+]CCOCCOc1ccccc1[N+](=O)[O-]. The van der Waals surface area contributed by atoms with E-state index >= 15 is 0 Å². The van der Waals surface area contributed by atoms with Gasteiger partial charge in [0.15, 0.2) is 5.75 Å². The highest BCUT2D eigenvalue weighted by Gasteiger charge is 2.12. The van der Waals surface area contributed by atoms with Crippen LogP contribution in [0.25, 0.3) is 0 Å². The average Bonchev–Trinajstić information content (AvgIpc) is 2.45. The molecule has 0 amide bonds. The standard InChI is InChI=1S/C14H23N3O4/c1-16(2)9-7-15-8-10-20-11-12-21-14-6-4-3-5-13(14)17(18)19/h3-6,15H,7-12H2,1-2H3/p+2. The number of hydrogen-bond donors (Lipinski definition) is 2. The summed E-state index contributed by atoms with van der Waals surface area (Å²) in [5.74, 6) is 0.284. The molecular weight excluding hydrogens is 274 g/mol. The minimum absolute atomic E-state index is 0.0166. The molecule has 21 heavy (non-hydrogen) atoms. The number of rotatable bonds is 11. The fourth-order valence-electron chi connectivity index (χ4n) is 1.74. The number of nitrogens with one attached hydrogen (secondary N) is 1. The van der Waals surface area contributed by atoms with Crippen LogP contribution >= 0.6 is 0 Å². The van der Waals surface area contributed by atoms with Crippen LogP contribution < -0.4 is 15.0 Å². The van der Waals surface area contributed by atoms with Crippen LogP contribution in [0, 0.1) is 10.1 Å². The largest absolute Gasteiger partial charge is 0.484 e. The molecule has 0 unspecified atom stereocenters. The molecule has 118 valence electrons. The molecule has 0 aromatic heterocycles. The highest BCUT2D eigenvalue weighted by Crippen LogP contribution is 2.25. The normalized spacial score (nSPS) is 10.8. The zero-order valence-corrected chi connectivity index (χ0v) is 12.7. The molecule has 7 nitrogen and oxygen atoms in total. The van der Waals surface area contributed by atoms with E-state index in [4.69, 9.17) is 9.47 Å². The zero-order chi connectivity index (χ0) is 15.5. The van der Waals surface area contributed by atoms with E-state index in [-0.39, 0.29) is 11.4 Å². The lowest BCUT2D eigenvalue weighted by atomic mass is 10.3. The van der Waals surface area contributed by atoms with Crippen molar-refractivity contribution in [2.24, 2.45) is 0 Å². The maximum atomic E-state index is 10.8. The predicted molar refractivity (Wildman–Crippen MR) is 78.7 cm³/mol. The molecule has 0 radical (unpaired) electrons. The molecular formula is C14H25N3O4+2. The van der Waals surface area contributed by atoms with Crippen LogP contribution in [-0.2, 0) is 4.74 Å². The molecule has 0 aliphatic heterocycles. The molecule has 0 aliphatic carbocycles. The van der Waals surface area contributed by atoms with E-state index in [1.54, 1.807) is 18.2 Å². The topological polar surface area (TPSA) is 82.7 Å². The van der Waals surface area contributed by atoms with Gasteiger partial charge in [-0.05, 0) is 6.07 Å². The van der Waals surface area contributed by atoms with Crippen molar-refractivity contribution in [1.29, 1.82) is 0 Å². The van der Waals surface area contributed by atoms with Crippen LogP contribution in [0.4, 0.5) is 5.69 Å². The van der Waals surface area contributed by atoms with Crippen LogP contribution in [0.3, 0.4) is 0 Å². The smallest absolute Gasteiger partial charge is 0.310 e. The maximum Gasteiger partial charge on any atom is 0.310 e. The second kappa shape index (κ2) is 10.1. The first-order chi connectivity index (χ1) is 10.1. The first-order valence-corrected chi connectivity index (χ1v) is 7.16. The number of benzene rings is 1. The molecule has 7 heteroatoms. The van der Waals surface area contributed by atoms with Crippen molar-refractivity contribution >= 4 is 5.69 Å².